The molecule has 6 nitrogen and oxygen atoms in total. The minimum atomic E-state index is -0.556. The zero-order valence-electron chi connectivity index (χ0n) is 14.7. The van der Waals surface area contributed by atoms with E-state index in [1.54, 1.807) is 0 Å². The van der Waals surface area contributed by atoms with Crippen molar-refractivity contribution in [1.29, 1.82) is 0 Å². The number of hydrogen-bond donors (Lipinski definition) is 2. The first-order valence-corrected chi connectivity index (χ1v) is 8.86. The fourth-order valence-corrected chi connectivity index (χ4v) is 3.37. The highest BCUT2D eigenvalue weighted by Gasteiger charge is 2.35. The molecule has 1 saturated heterocycles. The van der Waals surface area contributed by atoms with Gasteiger partial charge in [-0.15, -0.1) is 0 Å². The molecule has 0 aromatic carbocycles. The van der Waals surface area contributed by atoms with Crippen LogP contribution in [-0.4, -0.2) is 54.7 Å². The molecule has 1 aliphatic carbocycles. The summed E-state index contributed by atoms with van der Waals surface area (Å²) in [4.78, 5) is 27.0. The minimum Gasteiger partial charge on any atom is -0.444 e. The molecule has 1 saturated carbocycles. The second-order valence-corrected chi connectivity index (χ2v) is 7.60. The number of ether oxygens (including phenoxy) is 1. The van der Waals surface area contributed by atoms with Crippen molar-refractivity contribution in [1.82, 2.24) is 15.5 Å². The Morgan fingerprint density at radius 2 is 1.74 bits per heavy atom. The first-order valence-electron chi connectivity index (χ1n) is 8.86. The van der Waals surface area contributed by atoms with Crippen LogP contribution in [0.2, 0.25) is 0 Å². The lowest BCUT2D eigenvalue weighted by molar-refractivity contribution is -0.135. The van der Waals surface area contributed by atoms with Crippen molar-refractivity contribution in [2.75, 3.05) is 26.2 Å². The average molecular weight is 325 g/mol. The number of piperazine rings is 1. The van der Waals surface area contributed by atoms with E-state index in [1.165, 1.54) is 6.42 Å². The molecule has 2 fully saturated rings. The average Bonchev–Trinajstić information content (AvgIpc) is 2.52. The van der Waals surface area contributed by atoms with Gasteiger partial charge in [-0.05, 0) is 39.5 Å². The van der Waals surface area contributed by atoms with Gasteiger partial charge in [0, 0.05) is 26.2 Å². The van der Waals surface area contributed by atoms with Gasteiger partial charge in [-0.1, -0.05) is 19.3 Å². The number of amides is 2. The molecule has 23 heavy (non-hydrogen) atoms. The van der Waals surface area contributed by atoms with E-state index < -0.39 is 17.7 Å². The zero-order chi connectivity index (χ0) is 16.9. The van der Waals surface area contributed by atoms with Crippen molar-refractivity contribution < 1.29 is 14.3 Å². The van der Waals surface area contributed by atoms with Crippen LogP contribution in [0, 0.1) is 5.92 Å². The van der Waals surface area contributed by atoms with Crippen LogP contribution in [0.25, 0.3) is 0 Å². The maximum absolute atomic E-state index is 12.9. The highest BCUT2D eigenvalue weighted by atomic mass is 16.6. The summed E-state index contributed by atoms with van der Waals surface area (Å²) < 4.78 is 5.36. The van der Waals surface area contributed by atoms with Crippen LogP contribution < -0.4 is 10.6 Å². The van der Waals surface area contributed by atoms with Crippen molar-refractivity contribution in [3.63, 3.8) is 0 Å². The normalized spacial score (nSPS) is 21.6. The largest absolute Gasteiger partial charge is 0.444 e. The molecule has 0 aromatic heterocycles. The molecular formula is C17H31N3O3. The minimum absolute atomic E-state index is 0.0456. The predicted octanol–water partition coefficient (Wildman–Crippen LogP) is 1.89. The lowest BCUT2D eigenvalue weighted by Crippen LogP contribution is -2.57. The quantitative estimate of drug-likeness (QED) is 0.831. The van der Waals surface area contributed by atoms with Crippen molar-refractivity contribution in [2.24, 2.45) is 5.92 Å². The molecule has 2 rings (SSSR count). The van der Waals surface area contributed by atoms with Crippen LogP contribution >= 0.6 is 0 Å². The standard InChI is InChI=1S/C17H31N3O3/c1-17(2,3)23-16(22)19-14(13-7-5-4-6-8-13)15(21)20-11-9-18-10-12-20/h13-14,18H,4-12H2,1-3H3,(H,19,22)/t14-/m1/s1. The van der Waals surface area contributed by atoms with E-state index in [0.717, 1.165) is 38.8 Å². The van der Waals surface area contributed by atoms with Crippen LogP contribution in [0.3, 0.4) is 0 Å². The van der Waals surface area contributed by atoms with Gasteiger partial charge in [0.1, 0.15) is 11.6 Å². The fraction of sp³-hybridized carbons (Fsp3) is 0.882. The summed E-state index contributed by atoms with van der Waals surface area (Å²) in [5, 5.41) is 6.12. The summed E-state index contributed by atoms with van der Waals surface area (Å²) in [6.45, 7) is 8.54. The summed E-state index contributed by atoms with van der Waals surface area (Å²) in [6.07, 6.45) is 4.99. The van der Waals surface area contributed by atoms with Crippen molar-refractivity contribution in [3.8, 4) is 0 Å². The lowest BCUT2D eigenvalue weighted by Gasteiger charge is -2.36. The SMILES string of the molecule is CC(C)(C)OC(=O)N[C@@H](C(=O)N1CCNCC1)C1CCCCC1. The van der Waals surface area contributed by atoms with Gasteiger partial charge in [-0.25, -0.2) is 4.79 Å². The molecule has 2 N–H and O–H groups in total. The molecule has 2 aliphatic rings. The molecule has 6 heteroatoms. The Morgan fingerprint density at radius 3 is 2.30 bits per heavy atom. The highest BCUT2D eigenvalue weighted by molar-refractivity contribution is 5.86. The summed E-state index contributed by atoms with van der Waals surface area (Å²) >= 11 is 0. The molecule has 132 valence electrons. The summed E-state index contributed by atoms with van der Waals surface area (Å²) in [7, 11) is 0. The van der Waals surface area contributed by atoms with E-state index in [9.17, 15) is 9.59 Å². The highest BCUT2D eigenvalue weighted by Crippen LogP contribution is 2.27. The monoisotopic (exact) mass is 325 g/mol. The molecule has 0 bridgehead atoms. The smallest absolute Gasteiger partial charge is 0.408 e. The van der Waals surface area contributed by atoms with Gasteiger partial charge in [0.2, 0.25) is 5.91 Å². The molecular weight excluding hydrogens is 294 g/mol. The predicted molar refractivity (Wildman–Crippen MR) is 89.2 cm³/mol. The third-order valence-electron chi connectivity index (χ3n) is 4.49. The van der Waals surface area contributed by atoms with Crippen molar-refractivity contribution >= 4 is 12.0 Å². The zero-order valence-corrected chi connectivity index (χ0v) is 14.7. The Bertz CT molecular complexity index is 408. The number of nitrogens with one attached hydrogen (secondary N) is 2. The van der Waals surface area contributed by atoms with Crippen LogP contribution in [0.15, 0.2) is 0 Å². The number of alkyl carbamates (subject to hydrolysis) is 1. The summed E-state index contributed by atoms with van der Waals surface area (Å²) in [5.41, 5.74) is -0.556. The van der Waals surface area contributed by atoms with Gasteiger partial charge >= 0.3 is 6.09 Å². The van der Waals surface area contributed by atoms with Crippen LogP contribution in [0.4, 0.5) is 4.79 Å². The number of carbonyl (C=O) groups excluding carboxylic acids is 2. The van der Waals surface area contributed by atoms with Crippen LogP contribution in [0.1, 0.15) is 52.9 Å². The third kappa shape index (κ3) is 5.68. The van der Waals surface area contributed by atoms with Crippen molar-refractivity contribution in [2.45, 2.75) is 64.5 Å². The number of carbonyl (C=O) groups is 2. The Hall–Kier alpha value is -1.30. The lowest BCUT2D eigenvalue weighted by atomic mass is 9.83. The topological polar surface area (TPSA) is 70.7 Å². The Morgan fingerprint density at radius 1 is 1.13 bits per heavy atom. The molecule has 1 aliphatic heterocycles. The van der Waals surface area contributed by atoms with E-state index in [1.807, 2.05) is 25.7 Å². The molecule has 2 amide bonds. The van der Waals surface area contributed by atoms with E-state index in [4.69, 9.17) is 4.74 Å². The van der Waals surface area contributed by atoms with Gasteiger partial charge in [0.05, 0.1) is 0 Å². The van der Waals surface area contributed by atoms with Gasteiger partial charge in [0.25, 0.3) is 0 Å². The van der Waals surface area contributed by atoms with Gasteiger partial charge in [-0.2, -0.15) is 0 Å². The van der Waals surface area contributed by atoms with Crippen LogP contribution in [-0.2, 0) is 9.53 Å². The Balaban J connectivity index is 2.04. The maximum Gasteiger partial charge on any atom is 0.408 e. The van der Waals surface area contributed by atoms with E-state index in [2.05, 4.69) is 10.6 Å². The first-order chi connectivity index (χ1) is 10.9. The molecule has 0 radical (unpaired) electrons. The van der Waals surface area contributed by atoms with E-state index >= 15 is 0 Å². The van der Waals surface area contributed by atoms with E-state index in [-0.39, 0.29) is 11.8 Å². The second kappa shape index (κ2) is 7.99. The number of hydrogen-bond acceptors (Lipinski definition) is 4. The molecule has 1 atom stereocenters. The molecule has 1 heterocycles. The van der Waals surface area contributed by atoms with Gasteiger partial charge in [0.15, 0.2) is 0 Å². The van der Waals surface area contributed by atoms with Gasteiger partial charge in [-0.3, -0.25) is 4.79 Å². The molecule has 0 spiro atoms. The summed E-state index contributed by atoms with van der Waals surface area (Å²) in [5.74, 6) is 0.267. The fourth-order valence-electron chi connectivity index (χ4n) is 3.37. The Labute approximate surface area is 139 Å². The van der Waals surface area contributed by atoms with Crippen LogP contribution in [0.5, 0.6) is 0 Å². The van der Waals surface area contributed by atoms with Crippen molar-refractivity contribution in [3.05, 3.63) is 0 Å². The first kappa shape index (κ1) is 18.0. The Kier molecular flexibility index (Phi) is 6.27. The summed E-state index contributed by atoms with van der Waals surface area (Å²) in [6, 6.07) is -0.455. The van der Waals surface area contributed by atoms with E-state index in [0.29, 0.717) is 13.1 Å². The second-order valence-electron chi connectivity index (χ2n) is 7.60. The number of nitrogens with zero attached hydrogens (tertiary/aromatic N) is 1. The maximum atomic E-state index is 12.9. The molecule has 0 unspecified atom stereocenters. The van der Waals surface area contributed by atoms with Gasteiger partial charge < -0.3 is 20.3 Å². The third-order valence-corrected chi connectivity index (χ3v) is 4.49. The number of rotatable bonds is 3. The molecule has 0 aromatic rings.